The highest BCUT2D eigenvalue weighted by Crippen LogP contribution is 2.27. The first-order valence-electron chi connectivity index (χ1n) is 5.74. The van der Waals surface area contributed by atoms with Crippen LogP contribution in [-0.2, 0) is 4.79 Å². The molecular formula is C11H20F4N2O. The normalized spacial score (nSPS) is 12.9. The van der Waals surface area contributed by atoms with Gasteiger partial charge in [0.1, 0.15) is 0 Å². The molecule has 0 aliphatic heterocycles. The largest absolute Gasteiger partial charge is 0.383 e. The van der Waals surface area contributed by atoms with Gasteiger partial charge in [-0.1, -0.05) is 20.8 Å². The van der Waals surface area contributed by atoms with E-state index in [4.69, 9.17) is 5.73 Å². The Morgan fingerprint density at radius 1 is 1.33 bits per heavy atom. The lowest BCUT2D eigenvalue weighted by Crippen LogP contribution is -2.51. The van der Waals surface area contributed by atoms with Gasteiger partial charge in [0.05, 0.1) is 0 Å². The summed E-state index contributed by atoms with van der Waals surface area (Å²) in [4.78, 5) is 12.2. The van der Waals surface area contributed by atoms with Gasteiger partial charge in [-0.25, -0.2) is 8.78 Å². The van der Waals surface area contributed by atoms with Gasteiger partial charge in [-0.3, -0.25) is 4.79 Å². The zero-order chi connectivity index (χ0) is 14.6. The van der Waals surface area contributed by atoms with E-state index in [-0.39, 0.29) is 19.6 Å². The van der Waals surface area contributed by atoms with Crippen LogP contribution in [0.5, 0.6) is 0 Å². The molecule has 0 aromatic rings. The molecule has 0 aliphatic rings. The van der Waals surface area contributed by atoms with E-state index in [2.05, 4.69) is 0 Å². The number of alkyl halides is 4. The molecule has 0 aliphatic carbocycles. The zero-order valence-corrected chi connectivity index (χ0v) is 10.9. The third-order valence-corrected chi connectivity index (χ3v) is 2.51. The summed E-state index contributed by atoms with van der Waals surface area (Å²) in [5, 5.41) is 0. The number of halogens is 4. The second kappa shape index (κ2) is 6.36. The van der Waals surface area contributed by atoms with Crippen molar-refractivity contribution >= 4 is 5.91 Å². The molecule has 0 aromatic carbocycles. The Kier molecular flexibility index (Phi) is 6.06. The molecule has 18 heavy (non-hydrogen) atoms. The molecule has 0 radical (unpaired) electrons. The highest BCUT2D eigenvalue weighted by molar-refractivity contribution is 5.84. The summed E-state index contributed by atoms with van der Waals surface area (Å²) in [6.45, 7) is 5.15. The van der Waals surface area contributed by atoms with Gasteiger partial charge >= 0.3 is 12.3 Å². The van der Waals surface area contributed by atoms with Crippen molar-refractivity contribution in [3.8, 4) is 0 Å². The van der Waals surface area contributed by atoms with Crippen LogP contribution in [0.1, 0.15) is 27.2 Å². The monoisotopic (exact) mass is 272 g/mol. The van der Waals surface area contributed by atoms with Crippen LogP contribution in [0, 0.1) is 5.41 Å². The molecule has 0 rings (SSSR count). The Morgan fingerprint density at radius 3 is 2.17 bits per heavy atom. The van der Waals surface area contributed by atoms with Crippen LogP contribution in [0.3, 0.4) is 0 Å². The molecule has 3 nitrogen and oxygen atoms in total. The predicted molar refractivity (Wildman–Crippen MR) is 60.7 cm³/mol. The molecule has 0 bridgehead atoms. The minimum absolute atomic E-state index is 0.00454. The predicted octanol–water partition coefficient (Wildman–Crippen LogP) is 2.11. The quantitative estimate of drug-likeness (QED) is 0.721. The van der Waals surface area contributed by atoms with Crippen LogP contribution >= 0.6 is 0 Å². The lowest BCUT2D eigenvalue weighted by molar-refractivity contribution is -0.181. The highest BCUT2D eigenvalue weighted by Gasteiger charge is 2.51. The fourth-order valence-electron chi connectivity index (χ4n) is 1.41. The second-order valence-electron chi connectivity index (χ2n) is 5.02. The molecule has 108 valence electrons. The second-order valence-corrected chi connectivity index (χ2v) is 5.02. The van der Waals surface area contributed by atoms with Gasteiger partial charge in [0.15, 0.2) is 0 Å². The van der Waals surface area contributed by atoms with Crippen LogP contribution in [0.25, 0.3) is 0 Å². The first-order chi connectivity index (χ1) is 8.08. The van der Waals surface area contributed by atoms with Gasteiger partial charge in [0.25, 0.3) is 5.91 Å². The fraction of sp³-hybridized carbons (Fsp3) is 0.909. The molecule has 0 fully saturated rings. The Morgan fingerprint density at radius 2 is 1.83 bits per heavy atom. The lowest BCUT2D eigenvalue weighted by Gasteiger charge is -2.33. The summed E-state index contributed by atoms with van der Waals surface area (Å²) in [5.74, 6) is -6.47. The minimum Gasteiger partial charge on any atom is -0.337 e. The van der Waals surface area contributed by atoms with Crippen LogP contribution < -0.4 is 5.73 Å². The van der Waals surface area contributed by atoms with Gasteiger partial charge in [0.2, 0.25) is 0 Å². The van der Waals surface area contributed by atoms with Crippen molar-refractivity contribution in [2.75, 3.05) is 19.6 Å². The standard InChI is InChI=1S/C11H20F4N2O/c1-4-5-17(7-10(2,3)6-16)9(18)11(14,15)8(12)13/h8H,4-7,16H2,1-3H3. The number of carbonyl (C=O) groups is 1. The van der Waals surface area contributed by atoms with Gasteiger partial charge in [-0.2, -0.15) is 8.78 Å². The van der Waals surface area contributed by atoms with E-state index in [1.54, 1.807) is 20.8 Å². The molecule has 0 unspecified atom stereocenters. The fourth-order valence-corrected chi connectivity index (χ4v) is 1.41. The number of carbonyl (C=O) groups excluding carboxylic acids is 1. The van der Waals surface area contributed by atoms with Crippen LogP contribution in [0.15, 0.2) is 0 Å². The number of rotatable bonds is 7. The van der Waals surface area contributed by atoms with Crippen molar-refractivity contribution in [3.05, 3.63) is 0 Å². The van der Waals surface area contributed by atoms with Gasteiger partial charge in [-0.05, 0) is 18.4 Å². The van der Waals surface area contributed by atoms with Crippen molar-refractivity contribution in [1.82, 2.24) is 4.90 Å². The Bertz CT molecular complexity index is 282. The molecule has 0 saturated heterocycles. The summed E-state index contributed by atoms with van der Waals surface area (Å²) in [7, 11) is 0. The van der Waals surface area contributed by atoms with E-state index in [0.717, 1.165) is 4.90 Å². The number of hydrogen-bond donors (Lipinski definition) is 1. The van der Waals surface area contributed by atoms with Crippen molar-refractivity contribution in [1.29, 1.82) is 0 Å². The Balaban J connectivity index is 4.96. The summed E-state index contributed by atoms with van der Waals surface area (Å²) < 4.78 is 50.4. The zero-order valence-electron chi connectivity index (χ0n) is 10.9. The molecule has 2 N–H and O–H groups in total. The van der Waals surface area contributed by atoms with Crippen LogP contribution in [-0.4, -0.2) is 42.8 Å². The van der Waals surface area contributed by atoms with Gasteiger partial charge in [0, 0.05) is 13.1 Å². The third-order valence-electron chi connectivity index (χ3n) is 2.51. The minimum atomic E-state index is -4.64. The first-order valence-corrected chi connectivity index (χ1v) is 5.74. The molecule has 0 heterocycles. The van der Waals surface area contributed by atoms with Crippen LogP contribution in [0.2, 0.25) is 0 Å². The summed E-state index contributed by atoms with van der Waals surface area (Å²) in [6, 6.07) is 0. The maximum absolute atomic E-state index is 13.0. The van der Waals surface area contributed by atoms with E-state index in [1.165, 1.54) is 0 Å². The van der Waals surface area contributed by atoms with E-state index in [1.807, 2.05) is 0 Å². The van der Waals surface area contributed by atoms with E-state index in [0.29, 0.717) is 6.42 Å². The highest BCUT2D eigenvalue weighted by atomic mass is 19.3. The van der Waals surface area contributed by atoms with E-state index >= 15 is 0 Å². The Hall–Kier alpha value is -0.850. The smallest absolute Gasteiger partial charge is 0.337 e. The average molecular weight is 272 g/mol. The SMILES string of the molecule is CCCN(CC(C)(C)CN)C(=O)C(F)(F)C(F)F. The van der Waals surface area contributed by atoms with Gasteiger partial charge < -0.3 is 10.6 Å². The van der Waals surface area contributed by atoms with Gasteiger partial charge in [-0.15, -0.1) is 0 Å². The molecule has 0 saturated carbocycles. The van der Waals surface area contributed by atoms with Crippen molar-refractivity contribution in [2.24, 2.45) is 11.1 Å². The summed E-state index contributed by atoms with van der Waals surface area (Å²) in [6.07, 6.45) is -3.59. The van der Waals surface area contributed by atoms with Crippen molar-refractivity contribution in [2.45, 2.75) is 39.5 Å². The maximum atomic E-state index is 13.0. The van der Waals surface area contributed by atoms with E-state index < -0.39 is 23.7 Å². The topological polar surface area (TPSA) is 46.3 Å². The Labute approximate surface area is 104 Å². The number of amides is 1. The third kappa shape index (κ3) is 4.44. The van der Waals surface area contributed by atoms with Crippen molar-refractivity contribution in [3.63, 3.8) is 0 Å². The molecular weight excluding hydrogens is 252 g/mol. The van der Waals surface area contributed by atoms with Crippen LogP contribution in [0.4, 0.5) is 17.6 Å². The number of nitrogens with zero attached hydrogens (tertiary/aromatic N) is 1. The number of hydrogen-bond acceptors (Lipinski definition) is 2. The molecule has 1 amide bonds. The lowest BCUT2D eigenvalue weighted by atomic mass is 9.92. The molecule has 0 spiro atoms. The molecule has 0 atom stereocenters. The van der Waals surface area contributed by atoms with E-state index in [9.17, 15) is 22.4 Å². The van der Waals surface area contributed by atoms with Crippen molar-refractivity contribution < 1.29 is 22.4 Å². The average Bonchev–Trinajstić information content (AvgIpc) is 2.27. The molecule has 0 aromatic heterocycles. The summed E-state index contributed by atoms with van der Waals surface area (Å²) >= 11 is 0. The number of nitrogens with two attached hydrogens (primary N) is 1. The first kappa shape index (κ1) is 17.2. The maximum Gasteiger partial charge on any atom is 0.383 e. The summed E-state index contributed by atoms with van der Waals surface area (Å²) in [5.41, 5.74) is 4.85. The molecule has 7 heteroatoms.